The fourth-order valence-electron chi connectivity index (χ4n) is 2.73. The van der Waals surface area contributed by atoms with Gasteiger partial charge in [0.15, 0.2) is 0 Å². The van der Waals surface area contributed by atoms with Gasteiger partial charge in [0.05, 0.1) is 17.7 Å². The van der Waals surface area contributed by atoms with Gasteiger partial charge in [-0.2, -0.15) is 23.3 Å². The van der Waals surface area contributed by atoms with Gasteiger partial charge in [-0.3, -0.25) is 4.79 Å². The summed E-state index contributed by atoms with van der Waals surface area (Å²) in [4.78, 5) is 12.7. The number of rotatable bonds is 2. The van der Waals surface area contributed by atoms with Gasteiger partial charge in [-0.15, -0.1) is 0 Å². The highest BCUT2D eigenvalue weighted by molar-refractivity contribution is 9.10. The van der Waals surface area contributed by atoms with Gasteiger partial charge in [0, 0.05) is 4.47 Å². The largest absolute Gasteiger partial charge is 0.507 e. The van der Waals surface area contributed by atoms with Crippen molar-refractivity contribution in [1.29, 1.82) is 0 Å². The molecular formula is C18H14BrF3N2O3. The summed E-state index contributed by atoms with van der Waals surface area (Å²) in [5.41, 5.74) is -3.33. The highest BCUT2D eigenvalue weighted by Crippen LogP contribution is 2.42. The smallest absolute Gasteiger partial charge is 0.438 e. The van der Waals surface area contributed by atoms with E-state index in [1.165, 1.54) is 37.3 Å². The molecule has 2 N–H and O–H groups in total. The van der Waals surface area contributed by atoms with Crippen LogP contribution in [0.2, 0.25) is 0 Å². The van der Waals surface area contributed by atoms with Crippen LogP contribution in [0.15, 0.2) is 52.0 Å². The lowest BCUT2D eigenvalue weighted by atomic mass is 10.0. The van der Waals surface area contributed by atoms with E-state index >= 15 is 0 Å². The first-order chi connectivity index (χ1) is 12.5. The Morgan fingerprint density at radius 1 is 1.22 bits per heavy atom. The van der Waals surface area contributed by atoms with Crippen molar-refractivity contribution < 1.29 is 28.2 Å². The number of nitrogens with zero attached hydrogens (tertiary/aromatic N) is 2. The van der Waals surface area contributed by atoms with Crippen molar-refractivity contribution in [2.45, 2.75) is 25.2 Å². The highest BCUT2D eigenvalue weighted by Gasteiger charge is 2.63. The number of carbonyl (C=O) groups excluding carboxylic acids is 1. The third-order valence-corrected chi connectivity index (χ3v) is 4.81. The molecule has 27 heavy (non-hydrogen) atoms. The Kier molecular flexibility index (Phi) is 4.77. The lowest BCUT2D eigenvalue weighted by Crippen LogP contribution is -2.56. The summed E-state index contributed by atoms with van der Waals surface area (Å²) in [6.45, 7) is 1.50. The van der Waals surface area contributed by atoms with E-state index in [4.69, 9.17) is 0 Å². The maximum absolute atomic E-state index is 13.6. The molecule has 1 aliphatic heterocycles. The molecule has 1 atom stereocenters. The first kappa shape index (κ1) is 19.4. The Balaban J connectivity index is 2.09. The van der Waals surface area contributed by atoms with Crippen molar-refractivity contribution in [2.75, 3.05) is 0 Å². The first-order valence-electron chi connectivity index (χ1n) is 7.80. The zero-order valence-corrected chi connectivity index (χ0v) is 15.5. The molecule has 0 fully saturated rings. The lowest BCUT2D eigenvalue weighted by molar-refractivity contribution is -0.297. The monoisotopic (exact) mass is 442 g/mol. The molecule has 0 spiro atoms. The summed E-state index contributed by atoms with van der Waals surface area (Å²) in [5, 5.41) is 24.1. The molecule has 142 valence electrons. The van der Waals surface area contributed by atoms with Crippen molar-refractivity contribution in [3.63, 3.8) is 0 Å². The molecule has 3 rings (SSSR count). The van der Waals surface area contributed by atoms with Crippen molar-refractivity contribution >= 4 is 27.5 Å². The molecule has 0 aliphatic carbocycles. The van der Waals surface area contributed by atoms with Crippen LogP contribution in [0.1, 0.15) is 27.9 Å². The van der Waals surface area contributed by atoms with Gasteiger partial charge in [0.1, 0.15) is 5.75 Å². The number of benzene rings is 2. The molecule has 5 nitrogen and oxygen atoms in total. The number of para-hydroxylation sites is 1. The molecule has 0 saturated carbocycles. The predicted octanol–water partition coefficient (Wildman–Crippen LogP) is 3.96. The average Bonchev–Trinajstić information content (AvgIpc) is 2.96. The summed E-state index contributed by atoms with van der Waals surface area (Å²) < 4.78 is 41.6. The number of aliphatic hydroxyl groups is 1. The summed E-state index contributed by atoms with van der Waals surface area (Å²) in [7, 11) is 0. The molecule has 0 saturated heterocycles. The number of hydrazone groups is 1. The van der Waals surface area contributed by atoms with Crippen LogP contribution in [0.25, 0.3) is 0 Å². The molecule has 0 bridgehead atoms. The van der Waals surface area contributed by atoms with Gasteiger partial charge in [-0.1, -0.05) is 40.2 Å². The minimum atomic E-state index is -5.15. The lowest BCUT2D eigenvalue weighted by Gasteiger charge is -2.32. The van der Waals surface area contributed by atoms with E-state index in [1.54, 1.807) is 12.1 Å². The third-order valence-electron chi connectivity index (χ3n) is 4.28. The number of halogens is 4. The van der Waals surface area contributed by atoms with Crippen molar-refractivity contribution in [3.8, 4) is 5.75 Å². The molecule has 0 aromatic heterocycles. The quantitative estimate of drug-likeness (QED) is 0.738. The molecular weight excluding hydrogens is 429 g/mol. The van der Waals surface area contributed by atoms with Crippen molar-refractivity contribution in [3.05, 3.63) is 63.6 Å². The third kappa shape index (κ3) is 3.32. The average molecular weight is 443 g/mol. The van der Waals surface area contributed by atoms with Crippen LogP contribution < -0.4 is 0 Å². The molecule has 2 aromatic carbocycles. The van der Waals surface area contributed by atoms with E-state index < -0.39 is 30.0 Å². The SMILES string of the molecule is Cc1cccc(C(=O)N2N=C(c3ccc(Br)cc3)CC2(O)C(F)(F)F)c1O. The van der Waals surface area contributed by atoms with E-state index in [1.807, 2.05) is 0 Å². The molecule has 2 aromatic rings. The van der Waals surface area contributed by atoms with Gasteiger partial charge in [-0.25, -0.2) is 0 Å². The Morgan fingerprint density at radius 3 is 2.44 bits per heavy atom. The Hall–Kier alpha value is -2.39. The number of hydrogen-bond donors (Lipinski definition) is 2. The van der Waals surface area contributed by atoms with Crippen LogP contribution in [0.3, 0.4) is 0 Å². The minimum absolute atomic E-state index is 0.00112. The second kappa shape index (κ2) is 6.65. The maximum atomic E-state index is 13.6. The number of phenolic OH excluding ortho intramolecular Hbond substituents is 1. The first-order valence-corrected chi connectivity index (χ1v) is 8.59. The molecule has 9 heteroatoms. The van der Waals surface area contributed by atoms with Gasteiger partial charge in [0.25, 0.3) is 11.6 Å². The van der Waals surface area contributed by atoms with Crippen LogP contribution in [0, 0.1) is 6.92 Å². The summed E-state index contributed by atoms with van der Waals surface area (Å²) in [5.74, 6) is -1.71. The maximum Gasteiger partial charge on any atom is 0.438 e. The molecule has 1 amide bonds. The molecule has 1 unspecified atom stereocenters. The number of aromatic hydroxyl groups is 1. The van der Waals surface area contributed by atoms with Gasteiger partial charge >= 0.3 is 6.18 Å². The number of carbonyl (C=O) groups is 1. The van der Waals surface area contributed by atoms with E-state index in [0.717, 1.165) is 0 Å². The zero-order valence-electron chi connectivity index (χ0n) is 14.0. The number of hydrogen-bond acceptors (Lipinski definition) is 4. The van der Waals surface area contributed by atoms with E-state index in [2.05, 4.69) is 21.0 Å². The molecule has 0 radical (unpaired) electrons. The van der Waals surface area contributed by atoms with Crippen LogP contribution in [-0.2, 0) is 0 Å². The van der Waals surface area contributed by atoms with Crippen LogP contribution in [-0.4, -0.2) is 38.7 Å². The van der Waals surface area contributed by atoms with E-state index in [-0.39, 0.29) is 16.3 Å². The fraction of sp³-hybridized carbons (Fsp3) is 0.222. The minimum Gasteiger partial charge on any atom is -0.507 e. The normalized spacial score (nSPS) is 19.9. The number of aryl methyl sites for hydroxylation is 1. The Morgan fingerprint density at radius 2 is 1.85 bits per heavy atom. The Labute approximate surface area is 160 Å². The summed E-state index contributed by atoms with van der Waals surface area (Å²) >= 11 is 3.23. The number of phenols is 1. The molecule has 1 aliphatic rings. The second-order valence-corrected chi connectivity index (χ2v) is 7.05. The molecule has 1 heterocycles. The van der Waals surface area contributed by atoms with E-state index in [9.17, 15) is 28.2 Å². The van der Waals surface area contributed by atoms with Gasteiger partial charge < -0.3 is 10.2 Å². The number of alkyl halides is 3. The topological polar surface area (TPSA) is 73.1 Å². The zero-order chi connectivity index (χ0) is 20.0. The predicted molar refractivity (Wildman–Crippen MR) is 95.3 cm³/mol. The summed E-state index contributed by atoms with van der Waals surface area (Å²) in [6, 6.07) is 10.4. The van der Waals surface area contributed by atoms with Gasteiger partial charge in [0.2, 0.25) is 0 Å². The second-order valence-electron chi connectivity index (χ2n) is 6.13. The standard InChI is InChI=1S/C18H14BrF3N2O3/c1-10-3-2-4-13(15(10)25)16(26)24-17(27,18(20,21)22)9-14(23-24)11-5-7-12(19)8-6-11/h2-8,25,27H,9H2,1H3. The van der Waals surface area contributed by atoms with Crippen LogP contribution in [0.5, 0.6) is 5.75 Å². The van der Waals surface area contributed by atoms with Crippen molar-refractivity contribution in [2.24, 2.45) is 5.10 Å². The summed E-state index contributed by atoms with van der Waals surface area (Å²) in [6.07, 6.45) is -6.07. The van der Waals surface area contributed by atoms with E-state index in [0.29, 0.717) is 15.6 Å². The Bertz CT molecular complexity index is 928. The highest BCUT2D eigenvalue weighted by atomic mass is 79.9. The van der Waals surface area contributed by atoms with Crippen LogP contribution in [0.4, 0.5) is 13.2 Å². The van der Waals surface area contributed by atoms with Crippen LogP contribution >= 0.6 is 15.9 Å². The fourth-order valence-corrected chi connectivity index (χ4v) is 2.99. The van der Waals surface area contributed by atoms with Gasteiger partial charge in [-0.05, 0) is 36.2 Å². The number of amides is 1. The van der Waals surface area contributed by atoms with Crippen molar-refractivity contribution in [1.82, 2.24) is 5.01 Å².